The van der Waals surface area contributed by atoms with Gasteiger partial charge in [0.05, 0.1) is 30.1 Å². The van der Waals surface area contributed by atoms with E-state index in [9.17, 15) is 4.79 Å². The number of fused-ring (bicyclic) bond motifs is 2. The molecule has 0 aliphatic carbocycles. The second kappa shape index (κ2) is 6.84. The third-order valence-corrected chi connectivity index (χ3v) is 5.64. The van der Waals surface area contributed by atoms with Crippen LogP contribution in [0.5, 0.6) is 0 Å². The van der Waals surface area contributed by atoms with Crippen LogP contribution in [0.15, 0.2) is 48.9 Å². The molecule has 0 saturated carbocycles. The molecule has 0 N–H and O–H groups in total. The van der Waals surface area contributed by atoms with E-state index in [1.54, 1.807) is 4.68 Å². The van der Waals surface area contributed by atoms with E-state index in [-0.39, 0.29) is 12.5 Å². The molecule has 5 rings (SSSR count). The summed E-state index contributed by atoms with van der Waals surface area (Å²) in [5.74, 6) is 0.0329. The van der Waals surface area contributed by atoms with Gasteiger partial charge in [-0.3, -0.25) is 4.79 Å². The Morgan fingerprint density at radius 3 is 2.86 bits per heavy atom. The van der Waals surface area contributed by atoms with Gasteiger partial charge in [-0.25, -0.2) is 9.67 Å². The summed E-state index contributed by atoms with van der Waals surface area (Å²) in [4.78, 5) is 19.1. The highest BCUT2D eigenvalue weighted by atomic mass is 16.2. The van der Waals surface area contributed by atoms with Gasteiger partial charge in [-0.15, -0.1) is 5.10 Å². The van der Waals surface area contributed by atoms with Gasteiger partial charge in [-0.2, -0.15) is 0 Å². The van der Waals surface area contributed by atoms with E-state index in [1.165, 1.54) is 16.7 Å². The molecule has 7 heteroatoms. The van der Waals surface area contributed by atoms with Gasteiger partial charge in [-0.1, -0.05) is 23.4 Å². The monoisotopic (exact) mass is 386 g/mol. The first-order valence-electron chi connectivity index (χ1n) is 9.78. The summed E-state index contributed by atoms with van der Waals surface area (Å²) in [5.41, 5.74) is 7.55. The molecule has 0 radical (unpaired) electrons. The molecule has 3 heterocycles. The number of anilines is 1. The van der Waals surface area contributed by atoms with Crippen LogP contribution in [0.4, 0.5) is 5.69 Å². The molecule has 2 aromatic heterocycles. The molecule has 1 amide bonds. The maximum atomic E-state index is 12.8. The van der Waals surface area contributed by atoms with Crippen molar-refractivity contribution >= 4 is 22.6 Å². The van der Waals surface area contributed by atoms with Gasteiger partial charge >= 0.3 is 0 Å². The normalized spacial score (nSPS) is 13.2. The second-order valence-electron chi connectivity index (χ2n) is 7.63. The molecule has 0 atom stereocenters. The van der Waals surface area contributed by atoms with Gasteiger partial charge in [0, 0.05) is 12.2 Å². The lowest BCUT2D eigenvalue weighted by atomic mass is 10.1. The fourth-order valence-corrected chi connectivity index (χ4v) is 3.92. The minimum atomic E-state index is 0.0329. The van der Waals surface area contributed by atoms with Crippen molar-refractivity contribution in [1.29, 1.82) is 0 Å². The van der Waals surface area contributed by atoms with Crippen molar-refractivity contribution in [3.8, 4) is 0 Å². The van der Waals surface area contributed by atoms with Crippen molar-refractivity contribution in [3.63, 3.8) is 0 Å². The predicted octanol–water partition coefficient (Wildman–Crippen LogP) is 2.88. The average molecular weight is 386 g/mol. The molecular weight excluding hydrogens is 364 g/mol. The maximum absolute atomic E-state index is 12.8. The lowest BCUT2D eigenvalue weighted by molar-refractivity contribution is -0.119. The highest BCUT2D eigenvalue weighted by Gasteiger charge is 2.24. The van der Waals surface area contributed by atoms with Crippen molar-refractivity contribution in [2.24, 2.45) is 0 Å². The fourth-order valence-electron chi connectivity index (χ4n) is 3.92. The first kappa shape index (κ1) is 17.6. The molecule has 0 bridgehead atoms. The average Bonchev–Trinajstić information content (AvgIpc) is 3.42. The Labute approximate surface area is 168 Å². The number of rotatable bonds is 4. The van der Waals surface area contributed by atoms with Crippen LogP contribution in [-0.4, -0.2) is 37.0 Å². The number of para-hydroxylation sites is 1. The van der Waals surface area contributed by atoms with E-state index < -0.39 is 0 Å². The van der Waals surface area contributed by atoms with E-state index in [0.29, 0.717) is 6.54 Å². The lowest BCUT2D eigenvalue weighted by Gasteiger charge is -2.16. The number of aryl methyl sites for hydroxylation is 2. The number of amides is 1. The van der Waals surface area contributed by atoms with Crippen molar-refractivity contribution in [2.45, 2.75) is 33.4 Å². The number of carbonyl (C=O) groups is 1. The fraction of sp³-hybridized carbons (Fsp3) is 0.273. The second-order valence-corrected chi connectivity index (χ2v) is 7.63. The number of aromatic nitrogens is 5. The van der Waals surface area contributed by atoms with Crippen molar-refractivity contribution in [1.82, 2.24) is 24.5 Å². The third kappa shape index (κ3) is 3.18. The summed E-state index contributed by atoms with van der Waals surface area (Å²) in [7, 11) is 0. The predicted molar refractivity (Wildman–Crippen MR) is 111 cm³/mol. The first-order chi connectivity index (χ1) is 14.1. The highest BCUT2D eigenvalue weighted by molar-refractivity contribution is 5.95. The van der Waals surface area contributed by atoms with Crippen LogP contribution in [0.1, 0.15) is 22.4 Å². The minimum absolute atomic E-state index is 0.0329. The molecule has 146 valence electrons. The molecule has 0 unspecified atom stereocenters. The molecule has 1 aliphatic heterocycles. The Bertz CT molecular complexity index is 1220. The zero-order chi connectivity index (χ0) is 20.0. The van der Waals surface area contributed by atoms with Crippen LogP contribution in [0.2, 0.25) is 0 Å². The van der Waals surface area contributed by atoms with Crippen LogP contribution in [0.3, 0.4) is 0 Å². The highest BCUT2D eigenvalue weighted by Crippen LogP contribution is 2.27. The summed E-state index contributed by atoms with van der Waals surface area (Å²) >= 11 is 0. The molecular formula is C22H22N6O. The summed E-state index contributed by atoms with van der Waals surface area (Å²) in [6.45, 7) is 5.67. The molecule has 0 fully saturated rings. The van der Waals surface area contributed by atoms with Crippen molar-refractivity contribution < 1.29 is 4.79 Å². The first-order valence-corrected chi connectivity index (χ1v) is 9.78. The molecule has 29 heavy (non-hydrogen) atoms. The minimum Gasteiger partial charge on any atom is -0.324 e. The van der Waals surface area contributed by atoms with Gasteiger partial charge in [0.1, 0.15) is 12.2 Å². The van der Waals surface area contributed by atoms with Gasteiger partial charge in [0.25, 0.3) is 0 Å². The molecule has 1 aliphatic rings. The zero-order valence-electron chi connectivity index (χ0n) is 16.5. The number of nitrogens with zero attached hydrogens (tertiary/aromatic N) is 6. The lowest BCUT2D eigenvalue weighted by Crippen LogP contribution is -2.32. The Balaban J connectivity index is 1.32. The van der Waals surface area contributed by atoms with Crippen LogP contribution < -0.4 is 4.90 Å². The molecule has 7 nitrogen and oxygen atoms in total. The van der Waals surface area contributed by atoms with Crippen LogP contribution in [-0.2, 0) is 24.3 Å². The summed E-state index contributed by atoms with van der Waals surface area (Å²) in [5, 5.41) is 8.42. The van der Waals surface area contributed by atoms with Crippen LogP contribution in [0.25, 0.3) is 11.0 Å². The Morgan fingerprint density at radius 1 is 1.14 bits per heavy atom. The van der Waals surface area contributed by atoms with E-state index in [4.69, 9.17) is 0 Å². The number of benzene rings is 2. The molecule has 4 aromatic rings. The van der Waals surface area contributed by atoms with E-state index in [2.05, 4.69) is 51.9 Å². The van der Waals surface area contributed by atoms with Crippen molar-refractivity contribution in [2.75, 3.05) is 11.4 Å². The molecule has 0 saturated heterocycles. The Morgan fingerprint density at radius 2 is 1.97 bits per heavy atom. The number of carbonyl (C=O) groups excluding carboxylic acids is 1. The SMILES string of the molecule is Cc1cc2ncn(Cc3cn(CC(=O)N4CCc5ccccc54)nn3)c2cc1C. The summed E-state index contributed by atoms with van der Waals surface area (Å²) < 4.78 is 3.68. The standard InChI is InChI=1S/C22H22N6O/c1-15-9-19-21(10-16(15)2)26(14-23-19)11-18-12-27(25-24-18)13-22(29)28-8-7-17-5-3-4-6-20(17)28/h3-6,9-10,12,14H,7-8,11,13H2,1-2H3. The van der Waals surface area contributed by atoms with Gasteiger partial charge < -0.3 is 9.47 Å². The summed E-state index contributed by atoms with van der Waals surface area (Å²) in [6.07, 6.45) is 4.57. The quantitative estimate of drug-likeness (QED) is 0.541. The Kier molecular flexibility index (Phi) is 4.16. The smallest absolute Gasteiger partial charge is 0.248 e. The largest absolute Gasteiger partial charge is 0.324 e. The zero-order valence-corrected chi connectivity index (χ0v) is 16.5. The third-order valence-electron chi connectivity index (χ3n) is 5.64. The van der Waals surface area contributed by atoms with Crippen LogP contribution in [0, 0.1) is 13.8 Å². The van der Waals surface area contributed by atoms with E-state index in [0.717, 1.165) is 35.4 Å². The maximum Gasteiger partial charge on any atom is 0.248 e. The van der Waals surface area contributed by atoms with Gasteiger partial charge in [0.15, 0.2) is 0 Å². The molecule has 0 spiro atoms. The number of hydrogen-bond acceptors (Lipinski definition) is 4. The van der Waals surface area contributed by atoms with E-state index >= 15 is 0 Å². The van der Waals surface area contributed by atoms with Crippen molar-refractivity contribution in [3.05, 3.63) is 71.3 Å². The van der Waals surface area contributed by atoms with Gasteiger partial charge in [0.2, 0.25) is 5.91 Å². The number of hydrogen-bond donors (Lipinski definition) is 0. The van der Waals surface area contributed by atoms with E-state index in [1.807, 2.05) is 35.6 Å². The number of imidazole rings is 1. The Hall–Kier alpha value is -3.48. The molecule has 2 aromatic carbocycles. The van der Waals surface area contributed by atoms with Gasteiger partial charge in [-0.05, 0) is 55.2 Å². The van der Waals surface area contributed by atoms with Crippen LogP contribution >= 0.6 is 0 Å². The topological polar surface area (TPSA) is 68.8 Å². The summed E-state index contributed by atoms with van der Waals surface area (Å²) in [6, 6.07) is 12.3.